The summed E-state index contributed by atoms with van der Waals surface area (Å²) in [6, 6.07) is 3.29. The summed E-state index contributed by atoms with van der Waals surface area (Å²) in [5.74, 6) is -1.61. The van der Waals surface area contributed by atoms with Gasteiger partial charge in [-0.2, -0.15) is 0 Å². The Labute approximate surface area is 120 Å². The lowest BCUT2D eigenvalue weighted by atomic mass is 10.2. The van der Waals surface area contributed by atoms with Crippen LogP contribution in [0.5, 0.6) is 5.75 Å². The summed E-state index contributed by atoms with van der Waals surface area (Å²) >= 11 is 0. The Hall–Kier alpha value is -2.55. The number of phenols is 1. The van der Waals surface area contributed by atoms with Crippen molar-refractivity contribution in [1.82, 2.24) is 5.16 Å². The summed E-state index contributed by atoms with van der Waals surface area (Å²) < 4.78 is 31.4. The number of rotatable bonds is 4. The molecular weight excluding hydrogens is 300 g/mol. The van der Waals surface area contributed by atoms with E-state index in [-0.39, 0.29) is 27.6 Å². The van der Waals surface area contributed by atoms with E-state index in [9.17, 15) is 18.3 Å². The number of phenolic OH excluding ortho intramolecular Hbond substituents is 1. The van der Waals surface area contributed by atoms with Crippen LogP contribution in [0.4, 0.5) is 5.69 Å². The molecule has 3 N–H and O–H groups in total. The highest BCUT2D eigenvalue weighted by Crippen LogP contribution is 2.28. The fraction of sp³-hybridized carbons (Fsp3) is 0.167. The molecule has 0 amide bonds. The van der Waals surface area contributed by atoms with Crippen molar-refractivity contribution >= 4 is 21.7 Å². The number of aryl methyl sites for hydroxylation is 2. The molecule has 2 rings (SSSR count). The standard InChI is InChI=1S/C12H12N2O6S/c1-6-11(7(2)20-13-6)21(18,19)14-9-4-3-8(12(16)17)5-10(9)15/h3-5,14-15H,1-2H3,(H,16,17). The van der Waals surface area contributed by atoms with Crippen LogP contribution in [0.3, 0.4) is 0 Å². The third-order valence-corrected chi connectivity index (χ3v) is 4.33. The van der Waals surface area contributed by atoms with Crippen LogP contribution in [-0.2, 0) is 10.0 Å². The lowest BCUT2D eigenvalue weighted by Gasteiger charge is -2.09. The van der Waals surface area contributed by atoms with Crippen LogP contribution < -0.4 is 4.72 Å². The van der Waals surface area contributed by atoms with Crippen molar-refractivity contribution in [3.8, 4) is 5.75 Å². The van der Waals surface area contributed by atoms with Crippen LogP contribution in [-0.4, -0.2) is 29.8 Å². The zero-order valence-electron chi connectivity index (χ0n) is 11.1. The summed E-state index contributed by atoms with van der Waals surface area (Å²) in [5.41, 5.74) is -0.116. The molecule has 0 saturated heterocycles. The number of carboxylic acid groups (broad SMARTS) is 1. The number of nitrogens with zero attached hydrogens (tertiary/aromatic N) is 1. The largest absolute Gasteiger partial charge is 0.506 e. The van der Waals surface area contributed by atoms with Gasteiger partial charge < -0.3 is 14.7 Å². The van der Waals surface area contributed by atoms with E-state index in [2.05, 4.69) is 9.88 Å². The molecule has 0 aliphatic heterocycles. The van der Waals surface area contributed by atoms with E-state index in [1.165, 1.54) is 19.9 Å². The van der Waals surface area contributed by atoms with Crippen molar-refractivity contribution in [2.75, 3.05) is 4.72 Å². The SMILES string of the molecule is Cc1noc(C)c1S(=O)(=O)Nc1ccc(C(=O)O)cc1O. The zero-order chi connectivity index (χ0) is 15.8. The highest BCUT2D eigenvalue weighted by Gasteiger charge is 2.25. The van der Waals surface area contributed by atoms with Crippen molar-refractivity contribution in [3.05, 3.63) is 35.2 Å². The lowest BCUT2D eigenvalue weighted by molar-refractivity contribution is 0.0696. The predicted molar refractivity (Wildman–Crippen MR) is 71.9 cm³/mol. The van der Waals surface area contributed by atoms with E-state index < -0.39 is 21.7 Å². The number of aromatic nitrogens is 1. The van der Waals surface area contributed by atoms with Crippen molar-refractivity contribution in [2.45, 2.75) is 18.7 Å². The number of hydrogen-bond donors (Lipinski definition) is 3. The van der Waals surface area contributed by atoms with Crippen LogP contribution >= 0.6 is 0 Å². The molecule has 0 fully saturated rings. The molecule has 2 aromatic rings. The van der Waals surface area contributed by atoms with Gasteiger partial charge in [-0.25, -0.2) is 13.2 Å². The summed E-state index contributed by atoms with van der Waals surface area (Å²) in [6.45, 7) is 2.92. The molecule has 0 radical (unpaired) electrons. The molecule has 21 heavy (non-hydrogen) atoms. The van der Waals surface area contributed by atoms with Gasteiger partial charge >= 0.3 is 5.97 Å². The van der Waals surface area contributed by atoms with E-state index in [1.54, 1.807) is 0 Å². The van der Waals surface area contributed by atoms with E-state index >= 15 is 0 Å². The first-order valence-electron chi connectivity index (χ1n) is 5.74. The highest BCUT2D eigenvalue weighted by molar-refractivity contribution is 7.92. The molecule has 1 heterocycles. The van der Waals surface area contributed by atoms with Gasteiger partial charge in [-0.05, 0) is 32.0 Å². The fourth-order valence-corrected chi connectivity index (χ4v) is 3.21. The predicted octanol–water partition coefficient (Wildman–Crippen LogP) is 1.50. The zero-order valence-corrected chi connectivity index (χ0v) is 11.9. The van der Waals surface area contributed by atoms with Gasteiger partial charge in [-0.1, -0.05) is 5.16 Å². The second kappa shape index (κ2) is 5.09. The van der Waals surface area contributed by atoms with E-state index in [4.69, 9.17) is 9.63 Å². The summed E-state index contributed by atoms with van der Waals surface area (Å²) in [6.07, 6.45) is 0. The molecule has 0 aliphatic rings. The quantitative estimate of drug-likeness (QED) is 0.729. The molecule has 0 saturated carbocycles. The second-order valence-corrected chi connectivity index (χ2v) is 5.92. The lowest BCUT2D eigenvalue weighted by Crippen LogP contribution is -2.14. The van der Waals surface area contributed by atoms with E-state index in [0.717, 1.165) is 12.1 Å². The molecule has 1 aromatic carbocycles. The minimum Gasteiger partial charge on any atom is -0.506 e. The number of nitrogens with one attached hydrogen (secondary N) is 1. The monoisotopic (exact) mass is 312 g/mol. The van der Waals surface area contributed by atoms with Gasteiger partial charge in [0.25, 0.3) is 10.0 Å². The van der Waals surface area contributed by atoms with Gasteiger partial charge in [0.1, 0.15) is 11.4 Å². The van der Waals surface area contributed by atoms with Gasteiger partial charge in [0.15, 0.2) is 10.7 Å². The normalized spacial score (nSPS) is 11.3. The fourth-order valence-electron chi connectivity index (χ4n) is 1.81. The number of hydrogen-bond acceptors (Lipinski definition) is 6. The minimum absolute atomic E-state index is 0.113. The number of aromatic carboxylic acids is 1. The maximum Gasteiger partial charge on any atom is 0.335 e. The molecular formula is C12H12N2O6S. The molecule has 0 bridgehead atoms. The molecule has 8 nitrogen and oxygen atoms in total. The molecule has 0 atom stereocenters. The molecule has 1 aromatic heterocycles. The third kappa shape index (κ3) is 2.82. The Morgan fingerprint density at radius 1 is 1.33 bits per heavy atom. The van der Waals surface area contributed by atoms with Gasteiger partial charge in [-0.3, -0.25) is 4.72 Å². The Morgan fingerprint density at radius 3 is 2.48 bits per heavy atom. The van der Waals surface area contributed by atoms with Crippen LogP contribution in [0.25, 0.3) is 0 Å². The summed E-state index contributed by atoms with van der Waals surface area (Å²) in [4.78, 5) is 10.6. The summed E-state index contributed by atoms with van der Waals surface area (Å²) in [7, 11) is -4.00. The number of anilines is 1. The Balaban J connectivity index is 2.40. The Kier molecular flexibility index (Phi) is 3.60. The minimum atomic E-state index is -4.00. The first kappa shape index (κ1) is 14.9. The van der Waals surface area contributed by atoms with Crippen LogP contribution in [0, 0.1) is 13.8 Å². The first-order chi connectivity index (χ1) is 9.72. The number of carboxylic acids is 1. The van der Waals surface area contributed by atoms with Gasteiger partial charge in [-0.15, -0.1) is 0 Å². The van der Waals surface area contributed by atoms with Gasteiger partial charge in [0.2, 0.25) is 0 Å². The number of benzene rings is 1. The van der Waals surface area contributed by atoms with Gasteiger partial charge in [0.05, 0.1) is 11.3 Å². The van der Waals surface area contributed by atoms with Crippen LogP contribution in [0.1, 0.15) is 21.8 Å². The summed E-state index contributed by atoms with van der Waals surface area (Å²) in [5, 5.41) is 22.0. The Morgan fingerprint density at radius 2 is 2.00 bits per heavy atom. The van der Waals surface area contributed by atoms with Crippen molar-refractivity contribution in [2.24, 2.45) is 0 Å². The van der Waals surface area contributed by atoms with Gasteiger partial charge in [0, 0.05) is 0 Å². The molecule has 9 heteroatoms. The smallest absolute Gasteiger partial charge is 0.335 e. The average molecular weight is 312 g/mol. The molecule has 0 unspecified atom stereocenters. The van der Waals surface area contributed by atoms with E-state index in [0.29, 0.717) is 0 Å². The molecule has 0 spiro atoms. The van der Waals surface area contributed by atoms with Crippen molar-refractivity contribution < 1.29 is 27.9 Å². The maximum absolute atomic E-state index is 12.2. The van der Waals surface area contributed by atoms with E-state index in [1.807, 2.05) is 0 Å². The number of carbonyl (C=O) groups is 1. The highest BCUT2D eigenvalue weighted by atomic mass is 32.2. The maximum atomic E-state index is 12.2. The number of aromatic hydroxyl groups is 1. The van der Waals surface area contributed by atoms with Crippen LogP contribution in [0.15, 0.2) is 27.6 Å². The second-order valence-electron chi connectivity index (χ2n) is 4.30. The van der Waals surface area contributed by atoms with Crippen molar-refractivity contribution in [1.29, 1.82) is 0 Å². The average Bonchev–Trinajstić information content (AvgIpc) is 2.71. The first-order valence-corrected chi connectivity index (χ1v) is 7.22. The third-order valence-electron chi connectivity index (χ3n) is 2.73. The van der Waals surface area contributed by atoms with Crippen LogP contribution in [0.2, 0.25) is 0 Å². The molecule has 112 valence electrons. The topological polar surface area (TPSA) is 130 Å². The number of sulfonamides is 1. The molecule has 0 aliphatic carbocycles. The van der Waals surface area contributed by atoms with Crippen molar-refractivity contribution in [3.63, 3.8) is 0 Å². The Bertz CT molecular complexity index is 790.